The van der Waals surface area contributed by atoms with E-state index in [0.717, 1.165) is 24.8 Å². The Morgan fingerprint density at radius 2 is 2.12 bits per heavy atom. The van der Waals surface area contributed by atoms with Crippen molar-refractivity contribution >= 4 is 0 Å². The van der Waals surface area contributed by atoms with E-state index < -0.39 is 11.2 Å². The summed E-state index contributed by atoms with van der Waals surface area (Å²) in [6.07, 6.45) is 11.1. The Balaban J connectivity index is 3.07. The topological polar surface area (TPSA) is 40.5 Å². The molecule has 0 spiro atoms. The molecule has 2 heteroatoms. The molecule has 0 aromatic carbocycles. The number of aliphatic hydroxyl groups is 2. The second-order valence-electron chi connectivity index (χ2n) is 5.73. The average molecular weight is 234 g/mol. The van der Waals surface area contributed by atoms with Crippen LogP contribution in [0.25, 0.3) is 0 Å². The van der Waals surface area contributed by atoms with Crippen molar-refractivity contribution in [1.82, 2.24) is 0 Å². The van der Waals surface area contributed by atoms with Gasteiger partial charge in [0.1, 0.15) is 11.2 Å². The van der Waals surface area contributed by atoms with E-state index >= 15 is 0 Å². The van der Waals surface area contributed by atoms with Crippen molar-refractivity contribution in [3.8, 4) is 12.3 Å². The molecular weight excluding hydrogens is 212 g/mol. The molecule has 2 unspecified atom stereocenters. The monoisotopic (exact) mass is 234 g/mol. The molecule has 0 aromatic rings. The Labute approximate surface area is 104 Å². The molecule has 2 atom stereocenters. The summed E-state index contributed by atoms with van der Waals surface area (Å²) in [5, 5.41) is 20.5. The van der Waals surface area contributed by atoms with E-state index in [2.05, 4.69) is 12.5 Å². The third-order valence-electron chi connectivity index (χ3n) is 3.79. The van der Waals surface area contributed by atoms with Gasteiger partial charge in [0.05, 0.1) is 0 Å². The Kier molecular flexibility index (Phi) is 3.57. The van der Waals surface area contributed by atoms with Crippen LogP contribution >= 0.6 is 0 Å². The van der Waals surface area contributed by atoms with Gasteiger partial charge in [0.25, 0.3) is 0 Å². The highest BCUT2D eigenvalue weighted by Crippen LogP contribution is 2.47. The van der Waals surface area contributed by atoms with Crippen LogP contribution in [0.3, 0.4) is 0 Å². The van der Waals surface area contributed by atoms with Gasteiger partial charge in [-0.2, -0.15) is 0 Å². The molecular formula is C15H22O2. The smallest absolute Gasteiger partial charge is 0.141 e. The van der Waals surface area contributed by atoms with Crippen LogP contribution in [-0.4, -0.2) is 21.4 Å². The Morgan fingerprint density at radius 3 is 2.59 bits per heavy atom. The minimum atomic E-state index is -1.33. The van der Waals surface area contributed by atoms with Crippen molar-refractivity contribution in [1.29, 1.82) is 0 Å². The largest absolute Gasteiger partial charge is 0.381 e. The molecule has 0 aromatic heterocycles. The summed E-state index contributed by atoms with van der Waals surface area (Å²) >= 11 is 0. The first kappa shape index (κ1) is 14.0. The SMILES string of the molecule is C#CC(C)(O)/C=C\C1(O)C(=C)CCCC1(C)C. The first-order valence-electron chi connectivity index (χ1n) is 5.96. The third kappa shape index (κ3) is 2.62. The van der Waals surface area contributed by atoms with Gasteiger partial charge in [-0.1, -0.05) is 26.3 Å². The molecule has 0 heterocycles. The van der Waals surface area contributed by atoms with Gasteiger partial charge in [-0.25, -0.2) is 0 Å². The van der Waals surface area contributed by atoms with Gasteiger partial charge in [0.15, 0.2) is 0 Å². The Morgan fingerprint density at radius 1 is 1.53 bits per heavy atom. The molecule has 1 aliphatic rings. The van der Waals surface area contributed by atoms with Crippen molar-refractivity contribution in [2.45, 2.75) is 51.2 Å². The molecule has 0 saturated heterocycles. The molecule has 1 aliphatic carbocycles. The van der Waals surface area contributed by atoms with E-state index in [-0.39, 0.29) is 5.41 Å². The van der Waals surface area contributed by atoms with Gasteiger partial charge in [0, 0.05) is 5.41 Å². The van der Waals surface area contributed by atoms with Crippen LogP contribution in [0.5, 0.6) is 0 Å². The summed E-state index contributed by atoms with van der Waals surface area (Å²) in [5.74, 6) is 2.27. The lowest BCUT2D eigenvalue weighted by atomic mass is 9.63. The summed E-state index contributed by atoms with van der Waals surface area (Å²) in [6.45, 7) is 9.49. The molecule has 2 nitrogen and oxygen atoms in total. The van der Waals surface area contributed by atoms with E-state index in [4.69, 9.17) is 6.42 Å². The van der Waals surface area contributed by atoms with E-state index in [9.17, 15) is 10.2 Å². The first-order chi connectivity index (χ1) is 7.65. The van der Waals surface area contributed by atoms with E-state index in [1.165, 1.54) is 13.0 Å². The summed E-state index contributed by atoms with van der Waals surface area (Å²) in [4.78, 5) is 0. The van der Waals surface area contributed by atoms with Crippen LogP contribution in [-0.2, 0) is 0 Å². The molecule has 1 fully saturated rings. The Bertz CT molecular complexity index is 382. The predicted molar refractivity (Wildman–Crippen MR) is 70.3 cm³/mol. The van der Waals surface area contributed by atoms with E-state index in [0.29, 0.717) is 0 Å². The highest BCUT2D eigenvalue weighted by atomic mass is 16.3. The van der Waals surface area contributed by atoms with Crippen molar-refractivity contribution in [2.75, 3.05) is 0 Å². The highest BCUT2D eigenvalue weighted by Gasteiger charge is 2.45. The maximum absolute atomic E-state index is 10.8. The third-order valence-corrected chi connectivity index (χ3v) is 3.79. The highest BCUT2D eigenvalue weighted by molar-refractivity contribution is 5.32. The number of hydrogen-bond acceptors (Lipinski definition) is 2. The zero-order valence-corrected chi connectivity index (χ0v) is 11.0. The van der Waals surface area contributed by atoms with E-state index in [1.54, 1.807) is 6.08 Å². The van der Waals surface area contributed by atoms with Crippen molar-refractivity contribution in [3.05, 3.63) is 24.3 Å². The molecule has 2 N–H and O–H groups in total. The fraction of sp³-hybridized carbons (Fsp3) is 0.600. The summed E-state index contributed by atoms with van der Waals surface area (Å²) in [5.41, 5.74) is -1.92. The number of terminal acetylenes is 1. The van der Waals surface area contributed by atoms with Crippen molar-refractivity contribution in [3.63, 3.8) is 0 Å². The fourth-order valence-corrected chi connectivity index (χ4v) is 2.28. The lowest BCUT2D eigenvalue weighted by Crippen LogP contribution is -2.47. The van der Waals surface area contributed by atoms with Crippen LogP contribution in [0, 0.1) is 17.8 Å². The molecule has 17 heavy (non-hydrogen) atoms. The maximum atomic E-state index is 10.8. The van der Waals surface area contributed by atoms with Gasteiger partial charge in [-0.05, 0) is 43.9 Å². The van der Waals surface area contributed by atoms with Gasteiger partial charge in [-0.15, -0.1) is 6.42 Å². The fourth-order valence-electron chi connectivity index (χ4n) is 2.28. The summed E-state index contributed by atoms with van der Waals surface area (Å²) in [6, 6.07) is 0. The maximum Gasteiger partial charge on any atom is 0.141 e. The van der Waals surface area contributed by atoms with Gasteiger partial charge < -0.3 is 10.2 Å². The molecule has 94 valence electrons. The number of rotatable bonds is 2. The normalized spacial score (nSPS) is 32.1. The average Bonchev–Trinajstić information content (AvgIpc) is 2.23. The molecule has 0 radical (unpaired) electrons. The second kappa shape index (κ2) is 4.33. The van der Waals surface area contributed by atoms with Crippen molar-refractivity contribution < 1.29 is 10.2 Å². The second-order valence-corrected chi connectivity index (χ2v) is 5.73. The van der Waals surface area contributed by atoms with Crippen LogP contribution in [0.4, 0.5) is 0 Å². The van der Waals surface area contributed by atoms with Gasteiger partial charge in [-0.3, -0.25) is 0 Å². The Hall–Kier alpha value is -1.04. The molecule has 1 rings (SSSR count). The van der Waals surface area contributed by atoms with Gasteiger partial charge in [0.2, 0.25) is 0 Å². The zero-order chi connectivity index (χ0) is 13.3. The van der Waals surface area contributed by atoms with Crippen LogP contribution in [0.1, 0.15) is 40.0 Å². The van der Waals surface area contributed by atoms with Crippen LogP contribution in [0.15, 0.2) is 24.3 Å². The summed E-state index contributed by atoms with van der Waals surface area (Å²) in [7, 11) is 0. The summed E-state index contributed by atoms with van der Waals surface area (Å²) < 4.78 is 0. The van der Waals surface area contributed by atoms with E-state index in [1.807, 2.05) is 13.8 Å². The lowest BCUT2D eigenvalue weighted by Gasteiger charge is -2.46. The minimum Gasteiger partial charge on any atom is -0.381 e. The molecule has 1 saturated carbocycles. The lowest BCUT2D eigenvalue weighted by molar-refractivity contribution is -0.0159. The quantitative estimate of drug-likeness (QED) is 0.569. The predicted octanol–water partition coefficient (Wildman–Crippen LogP) is 2.42. The van der Waals surface area contributed by atoms with Gasteiger partial charge >= 0.3 is 0 Å². The van der Waals surface area contributed by atoms with Crippen molar-refractivity contribution in [2.24, 2.45) is 5.41 Å². The minimum absolute atomic E-state index is 0.288. The molecule has 0 amide bonds. The number of hydrogen-bond donors (Lipinski definition) is 2. The van der Waals surface area contributed by atoms with Crippen LogP contribution < -0.4 is 0 Å². The van der Waals surface area contributed by atoms with Crippen LogP contribution in [0.2, 0.25) is 0 Å². The standard InChI is InChI=1S/C15H22O2/c1-6-14(5,16)10-11-15(17)12(2)8-7-9-13(15,3)4/h1,10-11,16-17H,2,7-9H2,3-5H3/b11-10-. The molecule has 0 bridgehead atoms. The zero-order valence-electron chi connectivity index (χ0n) is 11.0. The molecule has 0 aliphatic heterocycles. The first-order valence-corrected chi connectivity index (χ1v) is 5.96.